The number of hydrazone groups is 1. The van der Waals surface area contributed by atoms with E-state index in [1.165, 1.54) is 43.5 Å². The first-order chi connectivity index (χ1) is 14.3. The Labute approximate surface area is 181 Å². The first kappa shape index (κ1) is 21.3. The van der Waals surface area contributed by atoms with Crippen LogP contribution in [0.25, 0.3) is 0 Å². The van der Waals surface area contributed by atoms with Crippen molar-refractivity contribution in [3.8, 4) is 0 Å². The van der Waals surface area contributed by atoms with Crippen LogP contribution in [0.5, 0.6) is 0 Å². The van der Waals surface area contributed by atoms with Crippen LogP contribution in [0.4, 0.5) is 4.79 Å². The molecule has 3 unspecified atom stereocenters. The smallest absolute Gasteiger partial charge is 0.410 e. The highest BCUT2D eigenvalue weighted by Gasteiger charge is 2.35. The number of piperazine rings is 1. The van der Waals surface area contributed by atoms with Gasteiger partial charge in [-0.05, 0) is 51.5 Å². The minimum atomic E-state index is -0.448. The van der Waals surface area contributed by atoms with Gasteiger partial charge in [0.2, 0.25) is 0 Å². The first-order valence-electron chi connectivity index (χ1n) is 11.8. The van der Waals surface area contributed by atoms with Crippen molar-refractivity contribution in [1.82, 2.24) is 14.8 Å². The molecule has 3 heterocycles. The molecule has 0 aromatic carbocycles. The summed E-state index contributed by atoms with van der Waals surface area (Å²) in [5.41, 5.74) is 2.08. The van der Waals surface area contributed by atoms with Crippen molar-refractivity contribution in [2.75, 3.05) is 32.7 Å². The number of hydrogen-bond donors (Lipinski definition) is 0. The second-order valence-electron chi connectivity index (χ2n) is 10.4. The number of carbonyl (C=O) groups is 1. The fraction of sp³-hybridized carbons (Fsp3) is 0.750. The van der Waals surface area contributed by atoms with Crippen molar-refractivity contribution in [2.24, 2.45) is 22.9 Å². The number of allylic oxidation sites excluding steroid dienone is 1. The van der Waals surface area contributed by atoms with E-state index in [0.717, 1.165) is 31.5 Å². The van der Waals surface area contributed by atoms with Gasteiger partial charge < -0.3 is 14.5 Å². The average molecular weight is 415 g/mol. The van der Waals surface area contributed by atoms with Gasteiger partial charge in [-0.25, -0.2) is 4.79 Å². The second-order valence-corrected chi connectivity index (χ2v) is 10.4. The molecule has 6 nitrogen and oxygen atoms in total. The van der Waals surface area contributed by atoms with Crippen LogP contribution in [0.2, 0.25) is 0 Å². The van der Waals surface area contributed by atoms with Crippen molar-refractivity contribution in [3.63, 3.8) is 0 Å². The summed E-state index contributed by atoms with van der Waals surface area (Å²) in [5.74, 6) is 2.27. The average Bonchev–Trinajstić information content (AvgIpc) is 3.02. The molecule has 166 valence electrons. The molecule has 0 spiro atoms. The molecule has 4 rings (SSSR count). The van der Waals surface area contributed by atoms with Crippen molar-refractivity contribution in [3.05, 3.63) is 23.5 Å². The minimum absolute atomic E-state index is 0.203. The molecule has 0 N–H and O–H groups in total. The first-order valence-corrected chi connectivity index (χ1v) is 11.8. The maximum Gasteiger partial charge on any atom is 0.410 e. The number of fused-ring (bicyclic) bond motifs is 1. The second kappa shape index (κ2) is 8.64. The third-order valence-corrected chi connectivity index (χ3v) is 6.91. The highest BCUT2D eigenvalue weighted by molar-refractivity contribution is 5.75. The lowest BCUT2D eigenvalue weighted by molar-refractivity contribution is 0.0168. The van der Waals surface area contributed by atoms with Crippen molar-refractivity contribution >= 4 is 12.3 Å². The molecule has 1 amide bonds. The highest BCUT2D eigenvalue weighted by atomic mass is 16.6. The molecule has 6 heteroatoms. The standard InChI is InChI=1S/C24H38N4O2/c1-18-6-5-7-19(9-8-18)20-16-22-21(10-11-25-28(22)17-20)26-12-14-27(15-13-26)23(29)30-24(2,3)4/h10-11,16,18-20H,5-9,12-15,17H2,1-4H3. The third kappa shape index (κ3) is 4.84. The zero-order valence-corrected chi connectivity index (χ0v) is 19.1. The SMILES string of the molecule is CC1CCCC(C2C=C3C(N4CCN(C(=O)OC(C)(C)C)CC4)=CC=NN3C2)CC1. The Balaban J connectivity index is 1.39. The van der Waals surface area contributed by atoms with Crippen LogP contribution >= 0.6 is 0 Å². The summed E-state index contributed by atoms with van der Waals surface area (Å²) in [6, 6.07) is 0. The van der Waals surface area contributed by atoms with E-state index in [9.17, 15) is 4.79 Å². The van der Waals surface area contributed by atoms with Crippen LogP contribution in [0, 0.1) is 17.8 Å². The maximum atomic E-state index is 12.4. The molecule has 2 fully saturated rings. The summed E-state index contributed by atoms with van der Waals surface area (Å²) >= 11 is 0. The molecular formula is C24H38N4O2. The predicted octanol–water partition coefficient (Wildman–Crippen LogP) is 4.45. The third-order valence-electron chi connectivity index (χ3n) is 6.91. The molecule has 30 heavy (non-hydrogen) atoms. The van der Waals surface area contributed by atoms with Gasteiger partial charge in [-0.2, -0.15) is 5.10 Å². The molecule has 0 aromatic heterocycles. The summed E-state index contributed by atoms with van der Waals surface area (Å²) in [6.45, 7) is 12.2. The van der Waals surface area contributed by atoms with Crippen molar-refractivity contribution in [1.29, 1.82) is 0 Å². The lowest BCUT2D eigenvalue weighted by Crippen LogP contribution is -2.50. The summed E-state index contributed by atoms with van der Waals surface area (Å²) in [7, 11) is 0. The molecule has 0 aromatic rings. The number of hydrogen-bond acceptors (Lipinski definition) is 5. The summed E-state index contributed by atoms with van der Waals surface area (Å²) in [5, 5.41) is 6.86. The predicted molar refractivity (Wildman–Crippen MR) is 120 cm³/mol. The molecule has 4 aliphatic rings. The van der Waals surface area contributed by atoms with Crippen molar-refractivity contribution < 1.29 is 9.53 Å². The van der Waals surface area contributed by atoms with Crippen LogP contribution < -0.4 is 0 Å². The quantitative estimate of drug-likeness (QED) is 0.626. The van der Waals surface area contributed by atoms with Crippen LogP contribution in [0.15, 0.2) is 28.6 Å². The van der Waals surface area contributed by atoms with E-state index in [-0.39, 0.29) is 6.09 Å². The minimum Gasteiger partial charge on any atom is -0.444 e. The Bertz CT molecular complexity index is 728. The van der Waals surface area contributed by atoms with Crippen LogP contribution in [0.3, 0.4) is 0 Å². The van der Waals surface area contributed by atoms with E-state index in [1.54, 1.807) is 0 Å². The number of rotatable bonds is 2. The Morgan fingerprint density at radius 3 is 2.57 bits per heavy atom. The van der Waals surface area contributed by atoms with Gasteiger partial charge in [0.1, 0.15) is 5.60 Å². The van der Waals surface area contributed by atoms with Crippen LogP contribution in [-0.4, -0.2) is 65.4 Å². The van der Waals surface area contributed by atoms with Crippen LogP contribution in [0.1, 0.15) is 59.8 Å². The van der Waals surface area contributed by atoms with Gasteiger partial charge in [0.25, 0.3) is 0 Å². The lowest BCUT2D eigenvalue weighted by atomic mass is 9.86. The molecular weight excluding hydrogens is 376 g/mol. The monoisotopic (exact) mass is 414 g/mol. The highest BCUT2D eigenvalue weighted by Crippen LogP contribution is 2.39. The molecule has 3 aliphatic heterocycles. The number of nitrogens with zero attached hydrogens (tertiary/aromatic N) is 4. The van der Waals surface area contributed by atoms with Crippen LogP contribution in [-0.2, 0) is 4.74 Å². The van der Waals surface area contributed by atoms with E-state index in [0.29, 0.717) is 19.0 Å². The topological polar surface area (TPSA) is 48.4 Å². The van der Waals surface area contributed by atoms with Gasteiger partial charge in [-0.1, -0.05) is 32.3 Å². The molecule has 1 saturated carbocycles. The fourth-order valence-electron chi connectivity index (χ4n) is 5.19. The molecule has 1 saturated heterocycles. The summed E-state index contributed by atoms with van der Waals surface area (Å²) in [6.07, 6.45) is 13.2. The molecule has 0 bridgehead atoms. The van der Waals surface area contributed by atoms with E-state index in [2.05, 4.69) is 34.1 Å². The molecule has 1 aliphatic carbocycles. The zero-order chi connectivity index (χ0) is 21.3. The van der Waals surface area contributed by atoms with E-state index in [4.69, 9.17) is 4.74 Å². The van der Waals surface area contributed by atoms with Gasteiger partial charge in [0.05, 0.1) is 11.4 Å². The maximum absolute atomic E-state index is 12.4. The molecule has 0 radical (unpaired) electrons. The molecule has 3 atom stereocenters. The van der Waals surface area contributed by atoms with E-state index < -0.39 is 5.60 Å². The Kier molecular flexibility index (Phi) is 6.12. The normalized spacial score (nSPS) is 29.9. The number of amides is 1. The Morgan fingerprint density at radius 1 is 1.07 bits per heavy atom. The Hall–Kier alpha value is -1.98. The van der Waals surface area contributed by atoms with Crippen molar-refractivity contribution in [2.45, 2.75) is 65.4 Å². The summed E-state index contributed by atoms with van der Waals surface area (Å²) < 4.78 is 5.54. The van der Waals surface area contributed by atoms with Gasteiger partial charge in [-0.3, -0.25) is 5.01 Å². The van der Waals surface area contributed by atoms with E-state index in [1.807, 2.05) is 31.9 Å². The Morgan fingerprint density at radius 2 is 1.83 bits per heavy atom. The zero-order valence-electron chi connectivity index (χ0n) is 19.1. The van der Waals surface area contributed by atoms with Gasteiger partial charge in [0, 0.05) is 44.9 Å². The van der Waals surface area contributed by atoms with Gasteiger partial charge in [0.15, 0.2) is 0 Å². The van der Waals surface area contributed by atoms with E-state index >= 15 is 0 Å². The van der Waals surface area contributed by atoms with Gasteiger partial charge >= 0.3 is 6.09 Å². The number of carbonyl (C=O) groups excluding carboxylic acids is 1. The largest absolute Gasteiger partial charge is 0.444 e. The fourth-order valence-corrected chi connectivity index (χ4v) is 5.19. The van der Waals surface area contributed by atoms with Gasteiger partial charge in [-0.15, -0.1) is 0 Å². The lowest BCUT2D eigenvalue weighted by Gasteiger charge is -2.39. The summed E-state index contributed by atoms with van der Waals surface area (Å²) in [4.78, 5) is 16.6. The number of ether oxygens (including phenoxy) is 1.